The molecule has 5 rings (SSSR count). The van der Waals surface area contributed by atoms with E-state index in [2.05, 4.69) is 15.5 Å². The first-order valence-corrected chi connectivity index (χ1v) is 10.8. The molecule has 2 amide bonds. The highest BCUT2D eigenvalue weighted by Gasteiger charge is 2.34. The molecule has 1 aliphatic heterocycles. The molecule has 0 radical (unpaired) electrons. The fraction of sp³-hybridized carbons (Fsp3) is 0.0870. The van der Waals surface area contributed by atoms with Gasteiger partial charge in [0.05, 0.1) is 11.4 Å². The van der Waals surface area contributed by atoms with E-state index in [0.29, 0.717) is 27.7 Å². The average molecular weight is 459 g/mol. The molecule has 2 aromatic heterocycles. The van der Waals surface area contributed by atoms with Crippen LogP contribution in [0.1, 0.15) is 16.3 Å². The SMILES string of the molecule is Cc1nn2c(=O)cc(COc3ccc(C=C4C(=O)NN(c5ccccc5)C4=O)cc3)nc2s1. The number of hydrogen-bond donors (Lipinski definition) is 1. The maximum atomic E-state index is 12.7. The van der Waals surface area contributed by atoms with Gasteiger partial charge in [0, 0.05) is 6.07 Å². The topological polar surface area (TPSA) is 106 Å². The largest absolute Gasteiger partial charge is 0.487 e. The zero-order valence-electron chi connectivity index (χ0n) is 17.4. The van der Waals surface area contributed by atoms with Crippen LogP contribution in [0.4, 0.5) is 5.69 Å². The molecule has 1 saturated heterocycles. The zero-order chi connectivity index (χ0) is 22.9. The Hall–Kier alpha value is -4.31. The second-order valence-corrected chi connectivity index (χ2v) is 8.39. The average Bonchev–Trinajstić information content (AvgIpc) is 3.33. The van der Waals surface area contributed by atoms with Crippen LogP contribution in [0.15, 0.2) is 71.0 Å². The maximum absolute atomic E-state index is 12.7. The van der Waals surface area contributed by atoms with Gasteiger partial charge >= 0.3 is 0 Å². The van der Waals surface area contributed by atoms with Crippen molar-refractivity contribution in [1.82, 2.24) is 20.0 Å². The Morgan fingerprint density at radius 1 is 1.06 bits per heavy atom. The first kappa shape index (κ1) is 20.6. The van der Waals surface area contributed by atoms with Crippen molar-refractivity contribution in [3.8, 4) is 5.75 Å². The summed E-state index contributed by atoms with van der Waals surface area (Å²) in [5.41, 5.74) is 4.13. The monoisotopic (exact) mass is 459 g/mol. The Balaban J connectivity index is 1.29. The third-order valence-electron chi connectivity index (χ3n) is 4.88. The van der Waals surface area contributed by atoms with Gasteiger partial charge in [-0.2, -0.15) is 9.61 Å². The molecule has 0 unspecified atom stereocenters. The van der Waals surface area contributed by atoms with Gasteiger partial charge < -0.3 is 4.74 Å². The predicted octanol–water partition coefficient (Wildman–Crippen LogP) is 2.50. The van der Waals surface area contributed by atoms with Gasteiger partial charge in [-0.15, -0.1) is 0 Å². The lowest BCUT2D eigenvalue weighted by molar-refractivity contribution is -0.117. The van der Waals surface area contributed by atoms with Crippen LogP contribution >= 0.6 is 11.3 Å². The Bertz CT molecular complexity index is 1460. The number of amides is 2. The molecule has 4 aromatic rings. The van der Waals surface area contributed by atoms with Crippen molar-refractivity contribution in [3.05, 3.63) is 92.9 Å². The van der Waals surface area contributed by atoms with Gasteiger partial charge in [0.15, 0.2) is 0 Å². The lowest BCUT2D eigenvalue weighted by Gasteiger charge is -2.13. The number of carbonyl (C=O) groups is 2. The van der Waals surface area contributed by atoms with E-state index >= 15 is 0 Å². The van der Waals surface area contributed by atoms with Crippen molar-refractivity contribution >= 4 is 39.9 Å². The van der Waals surface area contributed by atoms with Gasteiger partial charge in [0.2, 0.25) is 4.96 Å². The molecule has 1 fully saturated rings. The fourth-order valence-corrected chi connectivity index (χ4v) is 4.09. The van der Waals surface area contributed by atoms with Crippen LogP contribution in [-0.2, 0) is 16.2 Å². The molecule has 0 saturated carbocycles. The number of para-hydroxylation sites is 1. The van der Waals surface area contributed by atoms with Crippen molar-refractivity contribution in [3.63, 3.8) is 0 Å². The fourth-order valence-electron chi connectivity index (χ4n) is 3.33. The quantitative estimate of drug-likeness (QED) is 0.363. The molecule has 33 heavy (non-hydrogen) atoms. The number of ether oxygens (including phenoxy) is 1. The number of aromatic nitrogens is 3. The summed E-state index contributed by atoms with van der Waals surface area (Å²) in [5, 5.41) is 6.09. The van der Waals surface area contributed by atoms with E-state index in [1.54, 1.807) is 48.5 Å². The van der Waals surface area contributed by atoms with E-state index in [4.69, 9.17) is 4.74 Å². The first-order chi connectivity index (χ1) is 16.0. The van der Waals surface area contributed by atoms with Crippen LogP contribution in [-0.4, -0.2) is 26.4 Å². The predicted molar refractivity (Wildman–Crippen MR) is 123 cm³/mol. The van der Waals surface area contributed by atoms with Crippen molar-refractivity contribution in [2.75, 3.05) is 5.01 Å². The van der Waals surface area contributed by atoms with Gasteiger partial charge in [-0.3, -0.25) is 19.8 Å². The van der Waals surface area contributed by atoms with Crippen LogP contribution in [0, 0.1) is 6.92 Å². The highest BCUT2D eigenvalue weighted by molar-refractivity contribution is 7.16. The summed E-state index contributed by atoms with van der Waals surface area (Å²) < 4.78 is 7.01. The second kappa shape index (κ2) is 8.32. The number of hydrogen-bond acceptors (Lipinski definition) is 7. The molecular weight excluding hydrogens is 442 g/mol. The van der Waals surface area contributed by atoms with Gasteiger partial charge in [-0.05, 0) is 42.8 Å². The highest BCUT2D eigenvalue weighted by Crippen LogP contribution is 2.22. The van der Waals surface area contributed by atoms with Gasteiger partial charge in [-0.25, -0.2) is 9.99 Å². The minimum atomic E-state index is -0.463. The number of fused-ring (bicyclic) bond motifs is 1. The molecule has 1 N–H and O–H groups in total. The second-order valence-electron chi connectivity index (χ2n) is 7.23. The smallest absolute Gasteiger partial charge is 0.282 e. The van der Waals surface area contributed by atoms with Gasteiger partial charge in [0.25, 0.3) is 17.4 Å². The molecule has 0 bridgehead atoms. The molecule has 0 aliphatic carbocycles. The number of rotatable bonds is 5. The number of anilines is 1. The van der Waals surface area contributed by atoms with E-state index in [9.17, 15) is 14.4 Å². The molecule has 9 nitrogen and oxygen atoms in total. The number of aryl methyl sites for hydroxylation is 1. The van der Waals surface area contributed by atoms with Crippen LogP contribution in [0.3, 0.4) is 0 Å². The number of carbonyl (C=O) groups excluding carboxylic acids is 2. The molecule has 0 atom stereocenters. The van der Waals surface area contributed by atoms with Gasteiger partial charge in [-0.1, -0.05) is 41.7 Å². The van der Waals surface area contributed by atoms with E-state index in [0.717, 1.165) is 5.01 Å². The number of hydrazine groups is 1. The summed E-state index contributed by atoms with van der Waals surface area (Å²) in [6.45, 7) is 1.93. The Morgan fingerprint density at radius 2 is 1.82 bits per heavy atom. The zero-order valence-corrected chi connectivity index (χ0v) is 18.2. The Kier molecular flexibility index (Phi) is 5.19. The lowest BCUT2D eigenvalue weighted by atomic mass is 10.1. The molecule has 0 spiro atoms. The van der Waals surface area contributed by atoms with Crippen LogP contribution in [0.25, 0.3) is 11.0 Å². The lowest BCUT2D eigenvalue weighted by Crippen LogP contribution is -2.35. The minimum absolute atomic E-state index is 0.0466. The summed E-state index contributed by atoms with van der Waals surface area (Å²) >= 11 is 1.33. The third-order valence-corrected chi connectivity index (χ3v) is 5.71. The van der Waals surface area contributed by atoms with E-state index in [-0.39, 0.29) is 17.7 Å². The highest BCUT2D eigenvalue weighted by atomic mass is 32.1. The summed E-state index contributed by atoms with van der Waals surface area (Å²) in [7, 11) is 0. The molecule has 1 aliphatic rings. The van der Waals surface area contributed by atoms with Gasteiger partial charge in [0.1, 0.15) is 22.9 Å². The summed E-state index contributed by atoms with van der Waals surface area (Å²) in [6, 6.07) is 17.2. The van der Waals surface area contributed by atoms with Crippen LogP contribution < -0.4 is 20.7 Å². The molecule has 164 valence electrons. The first-order valence-electron chi connectivity index (χ1n) is 9.99. The summed E-state index contributed by atoms with van der Waals surface area (Å²) in [4.78, 5) is 42.1. The van der Waals surface area contributed by atoms with Crippen molar-refractivity contribution < 1.29 is 14.3 Å². The number of nitrogens with zero attached hydrogens (tertiary/aromatic N) is 4. The number of nitrogens with one attached hydrogen (secondary N) is 1. The maximum Gasteiger partial charge on any atom is 0.282 e. The molecule has 10 heteroatoms. The van der Waals surface area contributed by atoms with E-state index in [1.807, 2.05) is 13.0 Å². The summed E-state index contributed by atoms with van der Waals surface area (Å²) in [6.07, 6.45) is 1.53. The third kappa shape index (κ3) is 4.11. The van der Waals surface area contributed by atoms with Crippen molar-refractivity contribution in [2.45, 2.75) is 13.5 Å². The normalized spacial score (nSPS) is 14.8. The van der Waals surface area contributed by atoms with Crippen LogP contribution in [0.2, 0.25) is 0 Å². The summed E-state index contributed by atoms with van der Waals surface area (Å²) in [5.74, 6) is -0.319. The Morgan fingerprint density at radius 3 is 2.58 bits per heavy atom. The molecule has 2 aromatic carbocycles. The molecular formula is C23H17N5O4S. The minimum Gasteiger partial charge on any atom is -0.487 e. The van der Waals surface area contributed by atoms with Crippen molar-refractivity contribution in [1.29, 1.82) is 0 Å². The standard InChI is InChI=1S/C23H17N5O4S/c1-14-25-28-20(29)12-16(24-23(28)33-14)13-32-18-9-7-15(8-10-18)11-19-21(30)26-27(22(19)31)17-5-3-2-4-6-17/h2-12H,13H2,1H3,(H,26,30). The van der Waals surface area contributed by atoms with Crippen molar-refractivity contribution in [2.24, 2.45) is 0 Å². The Labute approximate surface area is 191 Å². The van der Waals surface area contributed by atoms with E-state index < -0.39 is 11.8 Å². The molecule has 3 heterocycles. The van der Waals surface area contributed by atoms with E-state index in [1.165, 1.54) is 33.0 Å². The number of benzene rings is 2. The van der Waals surface area contributed by atoms with Crippen LogP contribution in [0.5, 0.6) is 5.75 Å².